The summed E-state index contributed by atoms with van der Waals surface area (Å²) in [5, 5.41) is 16.5. The molecule has 2 aromatic rings. The van der Waals surface area contributed by atoms with Crippen molar-refractivity contribution in [2.24, 2.45) is 40.4 Å². The molecule has 202 valence electrons. The van der Waals surface area contributed by atoms with E-state index in [1.165, 1.54) is 19.3 Å². The molecule has 4 saturated carbocycles. The number of carbonyl (C=O) groups excluding carboxylic acids is 1. The maximum atomic E-state index is 13.9. The molecule has 0 amide bonds. The smallest absolute Gasteiger partial charge is 0.157 e. The van der Waals surface area contributed by atoms with Crippen LogP contribution in [0, 0.1) is 40.4 Å². The summed E-state index contributed by atoms with van der Waals surface area (Å²) < 4.78 is 13.2. The molecule has 4 fully saturated rings. The van der Waals surface area contributed by atoms with Gasteiger partial charge in [0.1, 0.15) is 12.3 Å². The van der Waals surface area contributed by atoms with Crippen molar-refractivity contribution < 1.29 is 19.4 Å². The predicted molar refractivity (Wildman–Crippen MR) is 143 cm³/mol. The van der Waals surface area contributed by atoms with Crippen molar-refractivity contribution in [1.82, 2.24) is 9.78 Å². The number of fused-ring (bicyclic) bond motifs is 6. The summed E-state index contributed by atoms with van der Waals surface area (Å²) in [6, 6.07) is 5.93. The molecule has 0 spiro atoms. The molecule has 8 atom stereocenters. The third-order valence-corrected chi connectivity index (χ3v) is 11.6. The van der Waals surface area contributed by atoms with Gasteiger partial charge in [-0.05, 0) is 111 Å². The van der Waals surface area contributed by atoms with Crippen molar-refractivity contribution in [3.05, 3.63) is 24.4 Å². The van der Waals surface area contributed by atoms with Gasteiger partial charge in [0.2, 0.25) is 0 Å². The largest absolute Gasteiger partial charge is 0.497 e. The molecule has 0 saturated heterocycles. The number of aliphatic hydroxyl groups is 1. The van der Waals surface area contributed by atoms with Gasteiger partial charge in [0.05, 0.1) is 31.0 Å². The van der Waals surface area contributed by atoms with E-state index in [2.05, 4.69) is 12.0 Å². The van der Waals surface area contributed by atoms with Gasteiger partial charge in [-0.2, -0.15) is 5.10 Å². The average molecular weight is 509 g/mol. The lowest BCUT2D eigenvalue weighted by Crippen LogP contribution is -2.58. The quantitative estimate of drug-likeness (QED) is 0.546. The van der Waals surface area contributed by atoms with Crippen LogP contribution in [0.25, 0.3) is 10.9 Å². The van der Waals surface area contributed by atoms with Gasteiger partial charge in [-0.1, -0.05) is 6.92 Å². The number of hydrogen-bond acceptors (Lipinski definition) is 5. The molecule has 6 heteroatoms. The number of ether oxygens (including phenoxy) is 2. The van der Waals surface area contributed by atoms with Crippen LogP contribution >= 0.6 is 0 Å². The zero-order valence-corrected chi connectivity index (χ0v) is 23.0. The third-order valence-electron chi connectivity index (χ3n) is 11.6. The van der Waals surface area contributed by atoms with Gasteiger partial charge < -0.3 is 14.6 Å². The molecule has 0 unspecified atom stereocenters. The molecular weight excluding hydrogens is 464 g/mol. The van der Waals surface area contributed by atoms with Gasteiger partial charge in [0.25, 0.3) is 0 Å². The first-order valence-electron chi connectivity index (χ1n) is 14.4. The number of rotatable bonds is 6. The highest BCUT2D eigenvalue weighted by Gasteiger charge is 2.63. The Morgan fingerprint density at radius 3 is 2.70 bits per heavy atom. The SMILES string of the molecule is COC[C@]12CC[C@@](C)(O)C[C@@H]1CC[C@H]1[C@@H]3CC[C@H](C(=O)Cn4ncc5ccc(OC)cc54)[C@@]3(C)CC[C@@H]12. The number of ketones is 1. The molecule has 1 heterocycles. The second kappa shape index (κ2) is 9.08. The van der Waals surface area contributed by atoms with E-state index in [0.29, 0.717) is 36.0 Å². The second-order valence-corrected chi connectivity index (χ2v) is 13.4. The molecule has 0 aliphatic heterocycles. The summed E-state index contributed by atoms with van der Waals surface area (Å²) in [4.78, 5) is 13.9. The average Bonchev–Trinajstić information content (AvgIpc) is 3.44. The van der Waals surface area contributed by atoms with E-state index < -0.39 is 5.60 Å². The van der Waals surface area contributed by atoms with Gasteiger partial charge >= 0.3 is 0 Å². The molecule has 0 bridgehead atoms. The first-order chi connectivity index (χ1) is 17.7. The summed E-state index contributed by atoms with van der Waals surface area (Å²) in [7, 11) is 3.52. The molecule has 37 heavy (non-hydrogen) atoms. The Labute approximate surface area is 221 Å². The topological polar surface area (TPSA) is 73.6 Å². The summed E-state index contributed by atoms with van der Waals surface area (Å²) in [6.07, 6.45) is 11.6. The normalized spacial score (nSPS) is 41.2. The number of aromatic nitrogens is 2. The Balaban J connectivity index is 1.23. The van der Waals surface area contributed by atoms with E-state index >= 15 is 0 Å². The van der Waals surface area contributed by atoms with E-state index in [1.807, 2.05) is 43.1 Å². The zero-order chi connectivity index (χ0) is 26.0. The third kappa shape index (κ3) is 3.96. The van der Waals surface area contributed by atoms with Gasteiger partial charge in [-0.3, -0.25) is 9.48 Å². The Morgan fingerprint density at radius 1 is 1.08 bits per heavy atom. The number of benzene rings is 1. The molecule has 6 nitrogen and oxygen atoms in total. The van der Waals surface area contributed by atoms with Gasteiger partial charge in [-0.15, -0.1) is 0 Å². The first kappa shape index (κ1) is 25.4. The Kier molecular flexibility index (Phi) is 6.23. The van der Waals surface area contributed by atoms with Crippen LogP contribution < -0.4 is 4.74 Å². The van der Waals surface area contributed by atoms with Crippen LogP contribution in [0.2, 0.25) is 0 Å². The Morgan fingerprint density at radius 2 is 1.92 bits per heavy atom. The van der Waals surface area contributed by atoms with E-state index in [4.69, 9.17) is 9.47 Å². The van der Waals surface area contributed by atoms with Crippen molar-refractivity contribution in [2.75, 3.05) is 20.8 Å². The lowest BCUT2D eigenvalue weighted by atomic mass is 9.43. The minimum atomic E-state index is -0.538. The maximum absolute atomic E-state index is 13.9. The lowest BCUT2D eigenvalue weighted by Gasteiger charge is -2.62. The van der Waals surface area contributed by atoms with Crippen molar-refractivity contribution >= 4 is 16.7 Å². The Bertz CT molecular complexity index is 1170. The number of nitrogens with zero attached hydrogens (tertiary/aromatic N) is 2. The minimum absolute atomic E-state index is 0.0696. The number of methoxy groups -OCH3 is 2. The van der Waals surface area contributed by atoms with Crippen molar-refractivity contribution in [1.29, 1.82) is 0 Å². The standard InChI is InChI=1S/C31H44N2O4/c1-29(35)13-14-31(19-36-3)21(16-29)6-8-23-24-9-10-26(30(24,2)12-11-25(23)31)28(34)18-33-27-15-22(37-4)7-5-20(27)17-32-33/h5,7,15,17,21,23-26,35H,6,8-14,16,18-19H2,1-4H3/t21-,23-,24-,25-,26+,29+,30-,31+/m0/s1. The van der Waals surface area contributed by atoms with Crippen molar-refractivity contribution in [2.45, 2.75) is 83.8 Å². The maximum Gasteiger partial charge on any atom is 0.157 e. The molecule has 1 aromatic carbocycles. The van der Waals surface area contributed by atoms with Crippen LogP contribution in [0.15, 0.2) is 24.4 Å². The van der Waals surface area contributed by atoms with Crippen LogP contribution in [0.3, 0.4) is 0 Å². The highest BCUT2D eigenvalue weighted by Crippen LogP contribution is 2.68. The number of carbonyl (C=O) groups is 1. The van der Waals surface area contributed by atoms with E-state index in [-0.39, 0.29) is 16.7 Å². The molecule has 6 rings (SSSR count). The van der Waals surface area contributed by atoms with Crippen LogP contribution in [-0.2, 0) is 16.1 Å². The van der Waals surface area contributed by atoms with Crippen molar-refractivity contribution in [3.8, 4) is 5.75 Å². The van der Waals surface area contributed by atoms with Gasteiger partial charge in [0.15, 0.2) is 5.78 Å². The van der Waals surface area contributed by atoms with E-state index in [1.54, 1.807) is 7.11 Å². The summed E-state index contributed by atoms with van der Waals surface area (Å²) in [5.74, 6) is 3.70. The second-order valence-electron chi connectivity index (χ2n) is 13.4. The van der Waals surface area contributed by atoms with Crippen LogP contribution in [-0.4, -0.2) is 47.1 Å². The Hall–Kier alpha value is -1.92. The molecule has 1 aromatic heterocycles. The molecule has 0 radical (unpaired) electrons. The number of Topliss-reactive ketones (excluding diaryl/α,β-unsaturated/α-hetero) is 1. The zero-order valence-electron chi connectivity index (χ0n) is 23.0. The minimum Gasteiger partial charge on any atom is -0.497 e. The van der Waals surface area contributed by atoms with Crippen LogP contribution in [0.4, 0.5) is 0 Å². The first-order valence-corrected chi connectivity index (χ1v) is 14.4. The highest BCUT2D eigenvalue weighted by atomic mass is 16.5. The summed E-state index contributed by atoms with van der Waals surface area (Å²) in [5.41, 5.74) is 0.684. The fourth-order valence-electron chi connectivity index (χ4n) is 9.87. The fraction of sp³-hybridized carbons (Fsp3) is 0.742. The molecular formula is C31H44N2O4. The molecule has 4 aliphatic rings. The van der Waals surface area contributed by atoms with Gasteiger partial charge in [-0.25, -0.2) is 0 Å². The number of hydrogen-bond donors (Lipinski definition) is 1. The monoisotopic (exact) mass is 508 g/mol. The summed E-state index contributed by atoms with van der Waals surface area (Å²) in [6.45, 7) is 5.60. The molecule has 4 aliphatic carbocycles. The van der Waals surface area contributed by atoms with E-state index in [9.17, 15) is 9.90 Å². The van der Waals surface area contributed by atoms with Crippen molar-refractivity contribution in [3.63, 3.8) is 0 Å². The van der Waals surface area contributed by atoms with Gasteiger partial charge in [0, 0.05) is 24.5 Å². The lowest BCUT2D eigenvalue weighted by molar-refractivity contribution is -0.175. The van der Waals surface area contributed by atoms with Crippen LogP contribution in [0.5, 0.6) is 5.75 Å². The van der Waals surface area contributed by atoms with E-state index in [0.717, 1.165) is 61.8 Å². The summed E-state index contributed by atoms with van der Waals surface area (Å²) >= 11 is 0. The molecule has 1 N–H and O–H groups in total. The van der Waals surface area contributed by atoms with Crippen LogP contribution in [0.1, 0.15) is 71.6 Å². The highest BCUT2D eigenvalue weighted by molar-refractivity contribution is 5.85. The fourth-order valence-corrected chi connectivity index (χ4v) is 9.87. The predicted octanol–water partition coefficient (Wildman–Crippen LogP) is 5.65.